The summed E-state index contributed by atoms with van der Waals surface area (Å²) in [5.41, 5.74) is 2.63. The number of hydrogen-bond acceptors (Lipinski definition) is 8. The maximum Gasteiger partial charge on any atom is 0.338 e. The summed E-state index contributed by atoms with van der Waals surface area (Å²) < 4.78 is 7.17. The molecule has 2 heterocycles. The Morgan fingerprint density at radius 2 is 1.85 bits per heavy atom. The Labute approximate surface area is 248 Å². The van der Waals surface area contributed by atoms with Gasteiger partial charge in [0.15, 0.2) is 4.80 Å². The van der Waals surface area contributed by atoms with E-state index < -0.39 is 16.9 Å². The average Bonchev–Trinajstić information content (AvgIpc) is 3.24. The fourth-order valence-corrected chi connectivity index (χ4v) is 6.56. The maximum atomic E-state index is 13.8. The van der Waals surface area contributed by atoms with E-state index in [4.69, 9.17) is 16.3 Å². The van der Waals surface area contributed by atoms with Gasteiger partial charge in [-0.2, -0.15) is 0 Å². The van der Waals surface area contributed by atoms with Crippen molar-refractivity contribution in [2.45, 2.75) is 36.6 Å². The van der Waals surface area contributed by atoms with Crippen molar-refractivity contribution in [1.82, 2.24) is 4.57 Å². The molecule has 1 aromatic heterocycles. The van der Waals surface area contributed by atoms with Gasteiger partial charge in [0.1, 0.15) is 0 Å². The topological polar surface area (TPSA) is 104 Å². The van der Waals surface area contributed by atoms with E-state index in [1.807, 2.05) is 31.2 Å². The zero-order chi connectivity index (χ0) is 29.3. The van der Waals surface area contributed by atoms with E-state index in [2.05, 4.69) is 4.99 Å². The van der Waals surface area contributed by atoms with Crippen LogP contribution in [0.4, 0.5) is 5.69 Å². The fourth-order valence-electron chi connectivity index (χ4n) is 4.49. The molecule has 0 aliphatic carbocycles. The van der Waals surface area contributed by atoms with Crippen molar-refractivity contribution >= 4 is 52.4 Å². The second-order valence-electron chi connectivity index (χ2n) is 9.25. The standard InChI is InChI=1S/C30H24ClN3O5S2/c1-4-39-29(36)26-18(3)32-30-33(27(26)20-8-5-17(2)6-9-20)28(35)25(41-30)16-19-7-14-24(23(15-19)34(37)38)40-22-12-10-21(31)11-13-22/h5-16,27H,4H2,1-3H3/b25-16+/t27-/m1/s1. The van der Waals surface area contributed by atoms with Gasteiger partial charge in [-0.1, -0.05) is 70.6 Å². The van der Waals surface area contributed by atoms with Crippen LogP contribution in [-0.4, -0.2) is 22.1 Å². The molecule has 0 N–H and O–H groups in total. The van der Waals surface area contributed by atoms with Gasteiger partial charge in [-0.05, 0) is 68.3 Å². The molecule has 0 fully saturated rings. The minimum Gasteiger partial charge on any atom is -0.463 e. The lowest BCUT2D eigenvalue weighted by Gasteiger charge is -2.24. The van der Waals surface area contributed by atoms with Crippen molar-refractivity contribution in [3.63, 3.8) is 0 Å². The van der Waals surface area contributed by atoms with E-state index in [0.29, 0.717) is 36.1 Å². The molecule has 3 aromatic carbocycles. The number of nitro benzene ring substituents is 1. The Morgan fingerprint density at radius 3 is 2.51 bits per heavy atom. The van der Waals surface area contributed by atoms with Crippen molar-refractivity contribution < 1.29 is 14.5 Å². The van der Waals surface area contributed by atoms with E-state index in [1.165, 1.54) is 33.7 Å². The minimum atomic E-state index is -0.722. The number of hydrogen-bond donors (Lipinski definition) is 0. The van der Waals surface area contributed by atoms with Crippen LogP contribution in [0.25, 0.3) is 6.08 Å². The number of allylic oxidation sites excluding steroid dienone is 1. The highest BCUT2D eigenvalue weighted by atomic mass is 35.5. The van der Waals surface area contributed by atoms with Crippen LogP contribution < -0.4 is 14.9 Å². The first-order valence-corrected chi connectivity index (χ1v) is 14.7. The molecular weight excluding hydrogens is 582 g/mol. The first-order chi connectivity index (χ1) is 19.7. The zero-order valence-electron chi connectivity index (χ0n) is 22.3. The number of benzene rings is 3. The van der Waals surface area contributed by atoms with Crippen LogP contribution in [-0.2, 0) is 9.53 Å². The molecule has 41 heavy (non-hydrogen) atoms. The summed E-state index contributed by atoms with van der Waals surface area (Å²) in [6.45, 7) is 5.60. The van der Waals surface area contributed by atoms with Crippen molar-refractivity contribution in [3.8, 4) is 0 Å². The monoisotopic (exact) mass is 605 g/mol. The lowest BCUT2D eigenvalue weighted by Crippen LogP contribution is -2.39. The summed E-state index contributed by atoms with van der Waals surface area (Å²) >= 11 is 8.38. The molecule has 1 atom stereocenters. The molecule has 0 amide bonds. The third kappa shape index (κ3) is 5.90. The second-order valence-corrected chi connectivity index (χ2v) is 11.8. The quantitative estimate of drug-likeness (QED) is 0.149. The molecule has 0 spiro atoms. The Bertz CT molecular complexity index is 1880. The minimum absolute atomic E-state index is 0.0792. The molecule has 0 unspecified atom stereocenters. The third-order valence-electron chi connectivity index (χ3n) is 6.43. The van der Waals surface area contributed by atoms with Crippen molar-refractivity contribution in [1.29, 1.82) is 0 Å². The number of esters is 1. The summed E-state index contributed by atoms with van der Waals surface area (Å²) in [6.07, 6.45) is 1.61. The van der Waals surface area contributed by atoms with Gasteiger partial charge < -0.3 is 4.74 Å². The molecule has 1 aliphatic rings. The second kappa shape index (κ2) is 11.9. The number of nitrogens with zero attached hydrogens (tertiary/aromatic N) is 3. The van der Waals surface area contributed by atoms with Gasteiger partial charge in [0.2, 0.25) is 0 Å². The van der Waals surface area contributed by atoms with Crippen molar-refractivity contribution in [2.24, 2.45) is 4.99 Å². The normalized spacial score (nSPS) is 14.9. The van der Waals surface area contributed by atoms with Crippen LogP contribution in [0, 0.1) is 17.0 Å². The Morgan fingerprint density at radius 1 is 1.15 bits per heavy atom. The summed E-state index contributed by atoms with van der Waals surface area (Å²) in [5.74, 6) is -0.530. The predicted molar refractivity (Wildman–Crippen MR) is 160 cm³/mol. The molecule has 5 rings (SSSR count). The molecule has 208 valence electrons. The Balaban J connectivity index is 1.61. The number of aryl methyl sites for hydroxylation is 1. The van der Waals surface area contributed by atoms with Gasteiger partial charge in [0.05, 0.1) is 38.3 Å². The lowest BCUT2D eigenvalue weighted by molar-refractivity contribution is -0.387. The number of fused-ring (bicyclic) bond motifs is 1. The number of nitro groups is 1. The highest BCUT2D eigenvalue weighted by molar-refractivity contribution is 7.99. The van der Waals surface area contributed by atoms with Gasteiger partial charge in [-0.25, -0.2) is 9.79 Å². The first kappa shape index (κ1) is 28.5. The van der Waals surface area contributed by atoms with Crippen LogP contribution in [0.2, 0.25) is 5.02 Å². The van der Waals surface area contributed by atoms with Crippen LogP contribution in [0.15, 0.2) is 97.6 Å². The Kier molecular flexibility index (Phi) is 8.25. The van der Waals surface area contributed by atoms with E-state index in [-0.39, 0.29) is 17.9 Å². The SMILES string of the molecule is CCOC(=O)C1=C(C)N=c2s/c(=C/c3ccc(Sc4ccc(Cl)cc4)c([N+](=O)[O-])c3)c(=O)n2[C@@H]1c1ccc(C)cc1. The van der Waals surface area contributed by atoms with Gasteiger partial charge in [-0.15, -0.1) is 0 Å². The Hall–Kier alpha value is -3.99. The molecule has 4 aromatic rings. The number of halogens is 1. The first-order valence-electron chi connectivity index (χ1n) is 12.6. The number of carbonyl (C=O) groups is 1. The van der Waals surface area contributed by atoms with Crippen molar-refractivity contribution in [2.75, 3.05) is 6.61 Å². The van der Waals surface area contributed by atoms with Crippen LogP contribution in [0.1, 0.15) is 36.6 Å². The summed E-state index contributed by atoms with van der Waals surface area (Å²) in [4.78, 5) is 44.6. The third-order valence-corrected chi connectivity index (χ3v) is 8.74. The van der Waals surface area contributed by atoms with Gasteiger partial charge in [0.25, 0.3) is 11.2 Å². The maximum absolute atomic E-state index is 13.8. The fraction of sp³-hybridized carbons (Fsp3) is 0.167. The average molecular weight is 606 g/mol. The molecule has 8 nitrogen and oxygen atoms in total. The molecule has 0 bridgehead atoms. The number of thiazole rings is 1. The van der Waals surface area contributed by atoms with Crippen LogP contribution in [0.3, 0.4) is 0 Å². The van der Waals surface area contributed by atoms with Crippen LogP contribution in [0.5, 0.6) is 0 Å². The molecule has 0 saturated carbocycles. The molecular formula is C30H24ClN3O5S2. The summed E-state index contributed by atoms with van der Waals surface area (Å²) in [7, 11) is 0. The van der Waals surface area contributed by atoms with Gasteiger partial charge in [0, 0.05) is 16.0 Å². The van der Waals surface area contributed by atoms with E-state index in [1.54, 1.807) is 56.3 Å². The number of rotatable bonds is 7. The summed E-state index contributed by atoms with van der Waals surface area (Å²) in [6, 6.07) is 18.8. The molecule has 1 aliphatic heterocycles. The number of carbonyl (C=O) groups excluding carboxylic acids is 1. The molecule has 0 saturated heterocycles. The van der Waals surface area contributed by atoms with E-state index in [9.17, 15) is 19.7 Å². The van der Waals surface area contributed by atoms with Crippen molar-refractivity contribution in [3.05, 3.63) is 130 Å². The molecule has 0 radical (unpaired) electrons. The highest BCUT2D eigenvalue weighted by Gasteiger charge is 2.33. The van der Waals surface area contributed by atoms with Gasteiger partial charge >= 0.3 is 5.97 Å². The summed E-state index contributed by atoms with van der Waals surface area (Å²) in [5, 5.41) is 12.5. The van der Waals surface area contributed by atoms with E-state index in [0.717, 1.165) is 16.0 Å². The largest absolute Gasteiger partial charge is 0.463 e. The smallest absolute Gasteiger partial charge is 0.338 e. The predicted octanol–water partition coefficient (Wildman–Crippen LogP) is 5.82. The van der Waals surface area contributed by atoms with E-state index >= 15 is 0 Å². The highest BCUT2D eigenvalue weighted by Crippen LogP contribution is 2.36. The zero-order valence-corrected chi connectivity index (χ0v) is 24.7. The number of ether oxygens (including phenoxy) is 1. The number of aromatic nitrogens is 1. The molecule has 11 heteroatoms. The lowest BCUT2D eigenvalue weighted by atomic mass is 9.95. The van der Waals surface area contributed by atoms with Gasteiger partial charge in [-0.3, -0.25) is 19.5 Å². The van der Waals surface area contributed by atoms with Crippen LogP contribution >= 0.6 is 34.7 Å².